The first-order chi connectivity index (χ1) is 7.34. The Hall–Kier alpha value is -1.68. The van der Waals surface area contributed by atoms with Crippen LogP contribution in [-0.2, 0) is 4.74 Å². The molecule has 1 saturated heterocycles. The molecule has 0 N–H and O–H groups in total. The van der Waals surface area contributed by atoms with E-state index in [2.05, 4.69) is 5.16 Å². The van der Waals surface area contributed by atoms with Crippen molar-refractivity contribution in [3.8, 4) is 0 Å². The summed E-state index contributed by atoms with van der Waals surface area (Å²) >= 11 is 0. The highest BCUT2D eigenvalue weighted by molar-refractivity contribution is 5.26. The average Bonchev–Trinajstić information content (AvgIpc) is 2.87. The molecular formula is C11H8FNO2. The Labute approximate surface area is 85.5 Å². The fraction of sp³-hybridized carbons (Fsp3) is 0.182. The van der Waals surface area contributed by atoms with Crippen molar-refractivity contribution in [3.05, 3.63) is 53.7 Å². The second-order valence-electron chi connectivity index (χ2n) is 3.45. The first-order valence-electron chi connectivity index (χ1n) is 4.66. The Morgan fingerprint density at radius 3 is 2.53 bits per heavy atom. The maximum Gasteiger partial charge on any atom is 0.134 e. The molecule has 0 bridgehead atoms. The van der Waals surface area contributed by atoms with Crippen LogP contribution in [0, 0.1) is 5.82 Å². The van der Waals surface area contributed by atoms with E-state index < -0.39 is 0 Å². The zero-order chi connectivity index (χ0) is 10.3. The van der Waals surface area contributed by atoms with E-state index in [-0.39, 0.29) is 18.0 Å². The summed E-state index contributed by atoms with van der Waals surface area (Å²) in [6.45, 7) is 0. The molecule has 0 aliphatic carbocycles. The van der Waals surface area contributed by atoms with E-state index in [0.29, 0.717) is 0 Å². The Kier molecular flexibility index (Phi) is 1.82. The minimum absolute atomic E-state index is 0.0179. The summed E-state index contributed by atoms with van der Waals surface area (Å²) in [7, 11) is 0. The topological polar surface area (TPSA) is 38.6 Å². The summed E-state index contributed by atoms with van der Waals surface area (Å²) in [4.78, 5) is 0. The molecule has 0 radical (unpaired) electrons. The van der Waals surface area contributed by atoms with Crippen molar-refractivity contribution >= 4 is 0 Å². The van der Waals surface area contributed by atoms with Gasteiger partial charge in [-0.2, -0.15) is 0 Å². The van der Waals surface area contributed by atoms with Gasteiger partial charge in [-0.25, -0.2) is 4.39 Å². The van der Waals surface area contributed by atoms with Crippen LogP contribution in [-0.4, -0.2) is 5.16 Å². The van der Waals surface area contributed by atoms with E-state index >= 15 is 0 Å². The smallest absolute Gasteiger partial charge is 0.134 e. The Morgan fingerprint density at radius 2 is 1.87 bits per heavy atom. The van der Waals surface area contributed by atoms with Crippen molar-refractivity contribution in [3.63, 3.8) is 0 Å². The van der Waals surface area contributed by atoms with Crippen LogP contribution in [0.4, 0.5) is 4.39 Å². The van der Waals surface area contributed by atoms with Crippen molar-refractivity contribution in [1.82, 2.24) is 5.16 Å². The van der Waals surface area contributed by atoms with Crippen LogP contribution in [0.25, 0.3) is 0 Å². The molecule has 1 aromatic carbocycles. The molecule has 0 saturated carbocycles. The van der Waals surface area contributed by atoms with Gasteiger partial charge in [0.2, 0.25) is 0 Å². The van der Waals surface area contributed by atoms with Gasteiger partial charge >= 0.3 is 0 Å². The van der Waals surface area contributed by atoms with Gasteiger partial charge in [0.05, 0.1) is 0 Å². The van der Waals surface area contributed by atoms with Crippen LogP contribution in [0.3, 0.4) is 0 Å². The zero-order valence-corrected chi connectivity index (χ0v) is 7.76. The molecule has 4 heteroatoms. The second-order valence-corrected chi connectivity index (χ2v) is 3.45. The molecule has 0 amide bonds. The third kappa shape index (κ3) is 1.53. The number of hydrogen-bond donors (Lipinski definition) is 0. The maximum atomic E-state index is 12.7. The Morgan fingerprint density at radius 1 is 1.07 bits per heavy atom. The monoisotopic (exact) mass is 205 g/mol. The molecule has 2 heterocycles. The van der Waals surface area contributed by atoms with Gasteiger partial charge in [-0.3, -0.25) is 0 Å². The number of benzene rings is 1. The lowest BCUT2D eigenvalue weighted by Gasteiger charge is -1.94. The number of aromatic nitrogens is 1. The lowest BCUT2D eigenvalue weighted by Crippen LogP contribution is -1.84. The van der Waals surface area contributed by atoms with Crippen LogP contribution in [0.15, 0.2) is 41.1 Å². The molecule has 1 aromatic heterocycles. The summed E-state index contributed by atoms with van der Waals surface area (Å²) in [6, 6.07) is 8.07. The summed E-state index contributed by atoms with van der Waals surface area (Å²) in [5.74, 6) is -0.239. The van der Waals surface area contributed by atoms with Gasteiger partial charge in [0, 0.05) is 6.07 Å². The number of ether oxygens (including phenoxy) is 1. The summed E-state index contributed by atoms with van der Waals surface area (Å²) < 4.78 is 22.8. The van der Waals surface area contributed by atoms with E-state index in [1.807, 2.05) is 0 Å². The van der Waals surface area contributed by atoms with Gasteiger partial charge in [0.1, 0.15) is 30.0 Å². The largest absolute Gasteiger partial charge is 0.364 e. The van der Waals surface area contributed by atoms with Gasteiger partial charge in [0.25, 0.3) is 0 Å². The maximum absolute atomic E-state index is 12.7. The normalized spacial score (nSPS) is 24.1. The van der Waals surface area contributed by atoms with E-state index in [9.17, 15) is 4.39 Å². The first-order valence-corrected chi connectivity index (χ1v) is 4.66. The highest BCUT2D eigenvalue weighted by Crippen LogP contribution is 2.50. The molecule has 15 heavy (non-hydrogen) atoms. The molecule has 3 rings (SSSR count). The highest BCUT2D eigenvalue weighted by atomic mass is 19.1. The molecule has 1 aliphatic rings. The van der Waals surface area contributed by atoms with E-state index in [1.165, 1.54) is 18.4 Å². The summed E-state index contributed by atoms with van der Waals surface area (Å²) in [6.07, 6.45) is 1.45. The first kappa shape index (κ1) is 8.61. The van der Waals surface area contributed by atoms with Crippen molar-refractivity contribution < 1.29 is 13.7 Å². The Bertz CT molecular complexity index is 452. The van der Waals surface area contributed by atoms with Crippen molar-refractivity contribution in [2.24, 2.45) is 0 Å². The van der Waals surface area contributed by atoms with Gasteiger partial charge in [-0.05, 0) is 17.7 Å². The fourth-order valence-corrected chi connectivity index (χ4v) is 1.61. The molecule has 2 aromatic rings. The molecule has 76 valence electrons. The van der Waals surface area contributed by atoms with Crippen molar-refractivity contribution in [1.29, 1.82) is 0 Å². The number of hydrogen-bond acceptors (Lipinski definition) is 3. The van der Waals surface area contributed by atoms with E-state index in [0.717, 1.165) is 11.3 Å². The van der Waals surface area contributed by atoms with Crippen LogP contribution in [0.2, 0.25) is 0 Å². The van der Waals surface area contributed by atoms with Gasteiger partial charge in [0.15, 0.2) is 0 Å². The number of epoxide rings is 1. The molecule has 1 aliphatic heterocycles. The third-order valence-corrected chi connectivity index (χ3v) is 2.44. The van der Waals surface area contributed by atoms with Gasteiger partial charge in [-0.15, -0.1) is 0 Å². The zero-order valence-electron chi connectivity index (χ0n) is 7.76. The molecule has 0 spiro atoms. The lowest BCUT2D eigenvalue weighted by atomic mass is 10.1. The number of rotatable bonds is 2. The molecule has 1 fully saturated rings. The predicted molar refractivity (Wildman–Crippen MR) is 49.5 cm³/mol. The summed E-state index contributed by atoms with van der Waals surface area (Å²) in [5.41, 5.74) is 1.74. The third-order valence-electron chi connectivity index (χ3n) is 2.44. The summed E-state index contributed by atoms with van der Waals surface area (Å²) in [5, 5.41) is 3.80. The van der Waals surface area contributed by atoms with Crippen LogP contribution in [0.5, 0.6) is 0 Å². The minimum atomic E-state index is -0.239. The fourth-order valence-electron chi connectivity index (χ4n) is 1.61. The van der Waals surface area contributed by atoms with Crippen LogP contribution < -0.4 is 0 Å². The molecular weight excluding hydrogens is 197 g/mol. The second kappa shape index (κ2) is 3.17. The predicted octanol–water partition coefficient (Wildman–Crippen LogP) is 2.63. The minimum Gasteiger partial charge on any atom is -0.364 e. The van der Waals surface area contributed by atoms with Crippen LogP contribution in [0.1, 0.15) is 23.5 Å². The van der Waals surface area contributed by atoms with E-state index in [4.69, 9.17) is 9.26 Å². The number of halogens is 1. The molecule has 3 nitrogen and oxygen atoms in total. The number of nitrogens with zero attached hydrogens (tertiary/aromatic N) is 1. The van der Waals surface area contributed by atoms with E-state index in [1.54, 1.807) is 18.2 Å². The van der Waals surface area contributed by atoms with Crippen molar-refractivity contribution in [2.45, 2.75) is 12.2 Å². The van der Waals surface area contributed by atoms with Crippen LogP contribution >= 0.6 is 0 Å². The van der Waals surface area contributed by atoms with Crippen molar-refractivity contribution in [2.75, 3.05) is 0 Å². The highest BCUT2D eigenvalue weighted by Gasteiger charge is 2.43. The SMILES string of the molecule is Fc1ccc(C2OC2c2ccon2)cc1. The Balaban J connectivity index is 1.79. The standard InChI is InChI=1S/C11H8FNO2/c12-8-3-1-7(2-4-8)10-11(15-10)9-5-6-14-13-9/h1-6,10-11H. The van der Waals surface area contributed by atoms with Gasteiger partial charge in [-0.1, -0.05) is 17.3 Å². The molecule has 2 unspecified atom stereocenters. The molecule has 2 atom stereocenters. The van der Waals surface area contributed by atoms with Gasteiger partial charge < -0.3 is 9.26 Å². The average molecular weight is 205 g/mol. The lowest BCUT2D eigenvalue weighted by molar-refractivity contribution is 0.358. The quantitative estimate of drug-likeness (QED) is 0.707.